The van der Waals surface area contributed by atoms with Crippen LogP contribution >= 0.6 is 12.2 Å². The monoisotopic (exact) mass is 341 g/mol. The largest absolute Gasteiger partial charge is 0.483 e. The molecule has 0 unspecified atom stereocenters. The van der Waals surface area contributed by atoms with Crippen molar-refractivity contribution >= 4 is 12.2 Å². The van der Waals surface area contributed by atoms with Crippen LogP contribution in [0.2, 0.25) is 0 Å². The fraction of sp³-hybridized carbons (Fsp3) is 0.333. The Morgan fingerprint density at radius 3 is 3.04 bits per heavy atom. The molecule has 0 radical (unpaired) electrons. The number of hydrogen-bond donors (Lipinski definition) is 1. The van der Waals surface area contributed by atoms with Crippen LogP contribution in [0.3, 0.4) is 0 Å². The molecule has 1 aromatic carbocycles. The molecule has 1 aliphatic rings. The fourth-order valence-corrected chi connectivity index (χ4v) is 3.43. The Kier molecular flexibility index (Phi) is 3.98. The molecule has 124 valence electrons. The summed E-state index contributed by atoms with van der Waals surface area (Å²) in [6.07, 6.45) is 4.98. The van der Waals surface area contributed by atoms with Crippen LogP contribution in [0.5, 0.6) is 5.75 Å². The lowest BCUT2D eigenvalue weighted by molar-refractivity contribution is 0.210. The molecule has 0 aliphatic heterocycles. The lowest BCUT2D eigenvalue weighted by Crippen LogP contribution is -2.12. The Bertz CT molecular complexity index is 895. The Labute approximate surface area is 145 Å². The van der Waals surface area contributed by atoms with Gasteiger partial charge in [0, 0.05) is 0 Å². The van der Waals surface area contributed by atoms with Crippen molar-refractivity contribution in [1.82, 2.24) is 14.8 Å². The molecule has 0 saturated heterocycles. The van der Waals surface area contributed by atoms with E-state index < -0.39 is 0 Å². The van der Waals surface area contributed by atoms with Crippen molar-refractivity contribution in [2.24, 2.45) is 0 Å². The first kappa shape index (κ1) is 15.2. The summed E-state index contributed by atoms with van der Waals surface area (Å²) in [7, 11) is 0. The van der Waals surface area contributed by atoms with Crippen LogP contribution in [0.15, 0.2) is 41.0 Å². The van der Waals surface area contributed by atoms with E-state index >= 15 is 0 Å². The topological polar surface area (TPSA) is 56.0 Å². The number of rotatable bonds is 5. The Morgan fingerprint density at radius 2 is 2.21 bits per heavy atom. The van der Waals surface area contributed by atoms with E-state index in [2.05, 4.69) is 22.3 Å². The third kappa shape index (κ3) is 2.89. The van der Waals surface area contributed by atoms with Gasteiger partial charge in [-0.05, 0) is 73.8 Å². The van der Waals surface area contributed by atoms with Gasteiger partial charge >= 0.3 is 0 Å². The molecular formula is C18H19N3O2S. The van der Waals surface area contributed by atoms with Gasteiger partial charge in [-0.15, -0.1) is 0 Å². The molecule has 0 fully saturated rings. The molecule has 0 amide bonds. The first-order chi connectivity index (χ1) is 11.7. The van der Waals surface area contributed by atoms with E-state index in [1.54, 1.807) is 6.26 Å². The number of aromatic amines is 1. The molecule has 5 nitrogen and oxygen atoms in total. The van der Waals surface area contributed by atoms with Crippen molar-refractivity contribution in [3.05, 3.63) is 64.1 Å². The van der Waals surface area contributed by atoms with Crippen molar-refractivity contribution in [3.8, 4) is 5.75 Å². The van der Waals surface area contributed by atoms with E-state index in [0.717, 1.165) is 23.8 Å². The lowest BCUT2D eigenvalue weighted by atomic mass is 10.1. The van der Waals surface area contributed by atoms with Gasteiger partial charge in [0.1, 0.15) is 11.5 Å². The maximum absolute atomic E-state index is 6.12. The second-order valence-electron chi connectivity index (χ2n) is 6.10. The molecule has 24 heavy (non-hydrogen) atoms. The van der Waals surface area contributed by atoms with Crippen molar-refractivity contribution in [1.29, 1.82) is 0 Å². The SMILES string of the molecule is C[C@H](Oc1ccc2c(c1)CCC2)c1n[nH]c(=S)n1Cc1ccco1. The van der Waals surface area contributed by atoms with Crippen LogP contribution in [-0.2, 0) is 19.4 Å². The Morgan fingerprint density at radius 1 is 1.33 bits per heavy atom. The quantitative estimate of drug-likeness (QED) is 0.706. The van der Waals surface area contributed by atoms with Crippen LogP contribution in [0.4, 0.5) is 0 Å². The maximum atomic E-state index is 6.12. The summed E-state index contributed by atoms with van der Waals surface area (Å²) in [5, 5.41) is 7.20. The number of nitrogens with zero attached hydrogens (tertiary/aromatic N) is 2. The molecule has 4 rings (SSSR count). The van der Waals surface area contributed by atoms with Crippen LogP contribution in [0.1, 0.15) is 42.2 Å². The van der Waals surface area contributed by atoms with Crippen LogP contribution < -0.4 is 4.74 Å². The van der Waals surface area contributed by atoms with Gasteiger partial charge in [0.15, 0.2) is 16.7 Å². The molecule has 1 N–H and O–H groups in total. The highest BCUT2D eigenvalue weighted by Gasteiger charge is 2.18. The summed E-state index contributed by atoms with van der Waals surface area (Å²) in [5.74, 6) is 2.47. The average Bonchev–Trinajstić information content (AvgIpc) is 3.30. The van der Waals surface area contributed by atoms with E-state index in [0.29, 0.717) is 11.3 Å². The van der Waals surface area contributed by atoms with Gasteiger partial charge < -0.3 is 9.15 Å². The summed E-state index contributed by atoms with van der Waals surface area (Å²) in [4.78, 5) is 0. The number of ether oxygens (including phenoxy) is 1. The molecule has 1 aliphatic carbocycles. The van der Waals surface area contributed by atoms with Crippen LogP contribution in [0, 0.1) is 4.77 Å². The van der Waals surface area contributed by atoms with E-state index in [4.69, 9.17) is 21.4 Å². The van der Waals surface area contributed by atoms with Gasteiger partial charge in [0.2, 0.25) is 0 Å². The van der Waals surface area contributed by atoms with E-state index in [-0.39, 0.29) is 6.10 Å². The summed E-state index contributed by atoms with van der Waals surface area (Å²) in [6, 6.07) is 10.1. The van der Waals surface area contributed by atoms with Gasteiger partial charge in [-0.25, -0.2) is 0 Å². The first-order valence-corrected chi connectivity index (χ1v) is 8.57. The van der Waals surface area contributed by atoms with Gasteiger partial charge in [0.25, 0.3) is 0 Å². The average molecular weight is 341 g/mol. The Balaban J connectivity index is 1.56. The number of H-pyrrole nitrogens is 1. The van der Waals surface area contributed by atoms with Crippen molar-refractivity contribution in [3.63, 3.8) is 0 Å². The first-order valence-electron chi connectivity index (χ1n) is 8.16. The molecule has 2 aromatic heterocycles. The molecule has 0 saturated carbocycles. The van der Waals surface area contributed by atoms with Gasteiger partial charge in [-0.2, -0.15) is 5.10 Å². The number of benzene rings is 1. The van der Waals surface area contributed by atoms with Crippen LogP contribution in [0.25, 0.3) is 0 Å². The zero-order valence-electron chi connectivity index (χ0n) is 13.5. The van der Waals surface area contributed by atoms with E-state index in [9.17, 15) is 0 Å². The van der Waals surface area contributed by atoms with Gasteiger partial charge in [-0.3, -0.25) is 9.67 Å². The predicted octanol–water partition coefficient (Wildman–Crippen LogP) is 4.21. The van der Waals surface area contributed by atoms with Crippen molar-refractivity contribution in [2.45, 2.75) is 38.8 Å². The summed E-state index contributed by atoms with van der Waals surface area (Å²) < 4.78 is 14.0. The standard InChI is InChI=1S/C18H19N3O2S/c1-12(23-15-8-7-13-4-2-5-14(13)10-15)17-19-20-18(24)21(17)11-16-6-3-9-22-16/h3,6-10,12H,2,4-5,11H2,1H3,(H,20,24)/t12-/m0/s1. The molecule has 6 heteroatoms. The molecule has 3 aromatic rings. The number of aryl methyl sites for hydroxylation is 2. The fourth-order valence-electron chi connectivity index (χ4n) is 3.23. The highest BCUT2D eigenvalue weighted by Crippen LogP contribution is 2.28. The van der Waals surface area contributed by atoms with E-state index in [1.807, 2.05) is 29.7 Å². The number of furan rings is 1. The highest BCUT2D eigenvalue weighted by atomic mass is 32.1. The minimum atomic E-state index is -0.215. The summed E-state index contributed by atoms with van der Waals surface area (Å²) >= 11 is 5.34. The lowest BCUT2D eigenvalue weighted by Gasteiger charge is -2.16. The molecular weight excluding hydrogens is 322 g/mol. The minimum Gasteiger partial charge on any atom is -0.483 e. The number of hydrogen-bond acceptors (Lipinski definition) is 4. The zero-order valence-corrected chi connectivity index (χ0v) is 14.3. The molecule has 0 bridgehead atoms. The minimum absolute atomic E-state index is 0.215. The van der Waals surface area contributed by atoms with Crippen molar-refractivity contribution in [2.75, 3.05) is 0 Å². The third-order valence-corrected chi connectivity index (χ3v) is 4.74. The summed E-state index contributed by atoms with van der Waals surface area (Å²) in [6.45, 7) is 2.52. The van der Waals surface area contributed by atoms with Gasteiger partial charge in [0.05, 0.1) is 12.8 Å². The maximum Gasteiger partial charge on any atom is 0.195 e. The van der Waals surface area contributed by atoms with Crippen LogP contribution in [-0.4, -0.2) is 14.8 Å². The molecule has 1 atom stereocenters. The van der Waals surface area contributed by atoms with Crippen molar-refractivity contribution < 1.29 is 9.15 Å². The molecule has 0 spiro atoms. The second kappa shape index (κ2) is 6.28. The Hall–Kier alpha value is -2.34. The zero-order chi connectivity index (χ0) is 16.5. The number of aromatic nitrogens is 3. The predicted molar refractivity (Wildman–Crippen MR) is 92.7 cm³/mol. The van der Waals surface area contributed by atoms with E-state index in [1.165, 1.54) is 24.0 Å². The number of fused-ring (bicyclic) bond motifs is 1. The number of nitrogens with one attached hydrogen (secondary N) is 1. The molecule has 2 heterocycles. The third-order valence-electron chi connectivity index (χ3n) is 4.43. The highest BCUT2D eigenvalue weighted by molar-refractivity contribution is 7.71. The van der Waals surface area contributed by atoms with Gasteiger partial charge in [-0.1, -0.05) is 6.07 Å². The normalized spacial score (nSPS) is 14.5. The summed E-state index contributed by atoms with van der Waals surface area (Å²) in [5.41, 5.74) is 2.84. The second-order valence-corrected chi connectivity index (χ2v) is 6.48. The smallest absolute Gasteiger partial charge is 0.195 e.